The third-order valence-corrected chi connectivity index (χ3v) is 4.51. The van der Waals surface area contributed by atoms with Gasteiger partial charge in [0.2, 0.25) is 0 Å². The molecule has 0 radical (unpaired) electrons. The number of carbonyl (C=O) groups is 1. The lowest BCUT2D eigenvalue weighted by atomic mass is 9.98. The van der Waals surface area contributed by atoms with E-state index in [0.717, 1.165) is 23.3 Å². The number of methoxy groups -OCH3 is 1. The maximum absolute atomic E-state index is 12.9. The van der Waals surface area contributed by atoms with Crippen molar-refractivity contribution in [3.05, 3.63) is 77.6 Å². The monoisotopic (exact) mass is 361 g/mol. The van der Waals surface area contributed by atoms with E-state index in [1.807, 2.05) is 48.5 Å². The number of benzene rings is 2. The van der Waals surface area contributed by atoms with Gasteiger partial charge >= 0.3 is 6.01 Å². The standard InChI is InChI=1S/C21H19N3O3/c1-26-21-22-12-17(13-23-21)24-10-9-16-11-18(7-8-19(16)20(24)25)27-14-15-5-3-2-4-6-15/h2-8,11-13H,9-10,14H2,1H3. The molecule has 6 nitrogen and oxygen atoms in total. The van der Waals surface area contributed by atoms with Crippen LogP contribution in [-0.2, 0) is 13.0 Å². The van der Waals surface area contributed by atoms with Crippen molar-refractivity contribution < 1.29 is 14.3 Å². The Kier molecular flexibility index (Phi) is 4.70. The summed E-state index contributed by atoms with van der Waals surface area (Å²) < 4.78 is 10.8. The van der Waals surface area contributed by atoms with Crippen molar-refractivity contribution in [3.63, 3.8) is 0 Å². The normalized spacial score (nSPS) is 13.2. The van der Waals surface area contributed by atoms with Crippen molar-refractivity contribution in [1.29, 1.82) is 0 Å². The molecule has 2 heterocycles. The van der Waals surface area contributed by atoms with Gasteiger partial charge in [-0.05, 0) is 35.7 Å². The van der Waals surface area contributed by atoms with E-state index in [2.05, 4.69) is 9.97 Å². The first kappa shape index (κ1) is 17.0. The van der Waals surface area contributed by atoms with Crippen LogP contribution in [0.4, 0.5) is 5.69 Å². The molecule has 136 valence electrons. The van der Waals surface area contributed by atoms with Crippen LogP contribution < -0.4 is 14.4 Å². The SMILES string of the molecule is COc1ncc(N2CCc3cc(OCc4ccccc4)ccc3C2=O)cn1. The fraction of sp³-hybridized carbons (Fsp3) is 0.190. The average Bonchev–Trinajstić information content (AvgIpc) is 2.73. The summed E-state index contributed by atoms with van der Waals surface area (Å²) in [5.74, 6) is 0.714. The van der Waals surface area contributed by atoms with E-state index in [-0.39, 0.29) is 11.9 Å². The van der Waals surface area contributed by atoms with E-state index in [4.69, 9.17) is 9.47 Å². The van der Waals surface area contributed by atoms with Gasteiger partial charge in [-0.3, -0.25) is 4.79 Å². The maximum atomic E-state index is 12.9. The Morgan fingerprint density at radius 2 is 1.85 bits per heavy atom. The highest BCUT2D eigenvalue weighted by atomic mass is 16.5. The fourth-order valence-corrected chi connectivity index (χ4v) is 3.10. The van der Waals surface area contributed by atoms with Crippen molar-refractivity contribution >= 4 is 11.6 Å². The third-order valence-electron chi connectivity index (χ3n) is 4.51. The van der Waals surface area contributed by atoms with E-state index >= 15 is 0 Å². The first-order chi connectivity index (χ1) is 13.2. The molecular weight excluding hydrogens is 342 g/mol. The smallest absolute Gasteiger partial charge is 0.316 e. The number of anilines is 1. The van der Waals surface area contributed by atoms with Gasteiger partial charge in [-0.15, -0.1) is 0 Å². The van der Waals surface area contributed by atoms with Gasteiger partial charge in [0.1, 0.15) is 12.4 Å². The highest BCUT2D eigenvalue weighted by Crippen LogP contribution is 2.27. The summed E-state index contributed by atoms with van der Waals surface area (Å²) in [5.41, 5.74) is 3.45. The van der Waals surface area contributed by atoms with Crippen LogP contribution in [0.15, 0.2) is 60.9 Å². The molecule has 6 heteroatoms. The van der Waals surface area contributed by atoms with Gasteiger partial charge in [0.15, 0.2) is 0 Å². The molecule has 0 atom stereocenters. The lowest BCUT2D eigenvalue weighted by Gasteiger charge is -2.28. The second kappa shape index (κ2) is 7.45. The predicted octanol–water partition coefficient (Wildman–Crippen LogP) is 3.27. The second-order valence-corrected chi connectivity index (χ2v) is 6.23. The van der Waals surface area contributed by atoms with Crippen LogP contribution in [0.3, 0.4) is 0 Å². The summed E-state index contributed by atoms with van der Waals surface area (Å²) in [6.45, 7) is 1.08. The molecule has 27 heavy (non-hydrogen) atoms. The van der Waals surface area contributed by atoms with Gasteiger partial charge in [0.05, 0.1) is 25.2 Å². The van der Waals surface area contributed by atoms with Crippen molar-refractivity contribution in [2.75, 3.05) is 18.6 Å². The van der Waals surface area contributed by atoms with Crippen molar-refractivity contribution in [1.82, 2.24) is 9.97 Å². The molecule has 3 aromatic rings. The molecule has 0 unspecified atom stereocenters. The Morgan fingerprint density at radius 1 is 1.07 bits per heavy atom. The van der Waals surface area contributed by atoms with E-state index < -0.39 is 0 Å². The molecule has 1 amide bonds. The van der Waals surface area contributed by atoms with Gasteiger partial charge in [-0.2, -0.15) is 0 Å². The Labute approximate surface area is 157 Å². The first-order valence-corrected chi connectivity index (χ1v) is 8.72. The molecular formula is C21H19N3O3. The molecule has 0 N–H and O–H groups in total. The zero-order valence-electron chi connectivity index (χ0n) is 15.0. The lowest BCUT2D eigenvalue weighted by molar-refractivity contribution is 0.0980. The second-order valence-electron chi connectivity index (χ2n) is 6.23. The van der Waals surface area contributed by atoms with Gasteiger partial charge in [0.25, 0.3) is 5.91 Å². The summed E-state index contributed by atoms with van der Waals surface area (Å²) in [4.78, 5) is 22.7. The highest BCUT2D eigenvalue weighted by Gasteiger charge is 2.26. The van der Waals surface area contributed by atoms with Crippen molar-refractivity contribution in [3.8, 4) is 11.8 Å². The summed E-state index contributed by atoms with van der Waals surface area (Å²) in [6.07, 6.45) is 3.95. The Balaban J connectivity index is 1.49. The minimum Gasteiger partial charge on any atom is -0.489 e. The van der Waals surface area contributed by atoms with Crippen LogP contribution >= 0.6 is 0 Å². The number of hydrogen-bond acceptors (Lipinski definition) is 5. The van der Waals surface area contributed by atoms with Gasteiger partial charge in [-0.25, -0.2) is 9.97 Å². The molecule has 0 aliphatic carbocycles. The molecule has 0 saturated heterocycles. The third kappa shape index (κ3) is 3.60. The van der Waals surface area contributed by atoms with Crippen LogP contribution in [0.5, 0.6) is 11.8 Å². The molecule has 1 aliphatic rings. The molecule has 0 spiro atoms. The maximum Gasteiger partial charge on any atom is 0.316 e. The van der Waals surface area contributed by atoms with Crippen LogP contribution in [-0.4, -0.2) is 29.5 Å². The molecule has 2 aromatic carbocycles. The quantitative estimate of drug-likeness (QED) is 0.698. The Hall–Kier alpha value is -3.41. The molecule has 1 aliphatic heterocycles. The number of nitrogens with zero attached hydrogens (tertiary/aromatic N) is 3. The summed E-state index contributed by atoms with van der Waals surface area (Å²) in [5, 5.41) is 0. The number of rotatable bonds is 5. The fourth-order valence-electron chi connectivity index (χ4n) is 3.10. The van der Waals surface area contributed by atoms with Crippen LogP contribution in [0.25, 0.3) is 0 Å². The Morgan fingerprint density at radius 3 is 2.59 bits per heavy atom. The van der Waals surface area contributed by atoms with E-state index in [9.17, 15) is 4.79 Å². The van der Waals surface area contributed by atoms with E-state index in [1.165, 1.54) is 7.11 Å². The molecule has 1 aromatic heterocycles. The largest absolute Gasteiger partial charge is 0.489 e. The molecule has 0 saturated carbocycles. The van der Waals surface area contributed by atoms with Crippen LogP contribution in [0, 0.1) is 0 Å². The summed E-state index contributed by atoms with van der Waals surface area (Å²) >= 11 is 0. The number of carbonyl (C=O) groups excluding carboxylic acids is 1. The van der Waals surface area contributed by atoms with E-state index in [0.29, 0.717) is 24.4 Å². The molecule has 4 rings (SSSR count). The summed E-state index contributed by atoms with van der Waals surface area (Å²) in [7, 11) is 1.51. The molecule has 0 fully saturated rings. The van der Waals surface area contributed by atoms with Gasteiger partial charge < -0.3 is 14.4 Å². The summed E-state index contributed by atoms with van der Waals surface area (Å²) in [6, 6.07) is 15.9. The minimum atomic E-state index is -0.0559. The van der Waals surface area contributed by atoms with Crippen LogP contribution in [0.1, 0.15) is 21.5 Å². The number of aromatic nitrogens is 2. The number of hydrogen-bond donors (Lipinski definition) is 0. The van der Waals surface area contributed by atoms with Crippen LogP contribution in [0.2, 0.25) is 0 Å². The average molecular weight is 361 g/mol. The number of fused-ring (bicyclic) bond motifs is 1. The van der Waals surface area contributed by atoms with Gasteiger partial charge in [0, 0.05) is 12.1 Å². The topological polar surface area (TPSA) is 64.6 Å². The van der Waals surface area contributed by atoms with Crippen molar-refractivity contribution in [2.24, 2.45) is 0 Å². The zero-order chi connectivity index (χ0) is 18.6. The first-order valence-electron chi connectivity index (χ1n) is 8.72. The molecule has 0 bridgehead atoms. The van der Waals surface area contributed by atoms with E-state index in [1.54, 1.807) is 17.3 Å². The number of ether oxygens (including phenoxy) is 2. The van der Waals surface area contributed by atoms with Crippen molar-refractivity contribution in [2.45, 2.75) is 13.0 Å². The predicted molar refractivity (Wildman–Crippen MR) is 101 cm³/mol. The lowest BCUT2D eigenvalue weighted by Crippen LogP contribution is -2.37. The minimum absolute atomic E-state index is 0.0559. The Bertz CT molecular complexity index is 943. The zero-order valence-corrected chi connectivity index (χ0v) is 15.0. The highest BCUT2D eigenvalue weighted by molar-refractivity contribution is 6.08. The number of amides is 1. The van der Waals surface area contributed by atoms with Gasteiger partial charge in [-0.1, -0.05) is 30.3 Å².